The van der Waals surface area contributed by atoms with Crippen LogP contribution in [0.4, 0.5) is 0 Å². The molecule has 0 saturated carbocycles. The fourth-order valence-electron chi connectivity index (χ4n) is 2.36. The number of oxime groups is 1. The summed E-state index contributed by atoms with van der Waals surface area (Å²) in [6.45, 7) is 4.54. The lowest BCUT2D eigenvalue weighted by Gasteiger charge is -2.31. The number of hydrogen-bond acceptors (Lipinski definition) is 5. The number of amidine groups is 1. The molecule has 1 aliphatic heterocycles. The minimum Gasteiger partial charge on any atom is -0.436 e. The standard InChI is InChI=1S/C12H18N4O3/c1-7-10(19-8(2)14-7)12(17)16-5-3-4-9(6-16)11(13)15-18/h9,18H,3-6H2,1-2H3,(H2,13,15). The van der Waals surface area contributed by atoms with Crippen LogP contribution < -0.4 is 5.73 Å². The Balaban J connectivity index is 2.13. The average molecular weight is 266 g/mol. The van der Waals surface area contributed by atoms with Gasteiger partial charge in [-0.25, -0.2) is 4.98 Å². The molecule has 1 unspecified atom stereocenters. The van der Waals surface area contributed by atoms with Gasteiger partial charge in [0, 0.05) is 25.9 Å². The molecule has 0 aliphatic carbocycles. The highest BCUT2D eigenvalue weighted by molar-refractivity contribution is 5.93. The zero-order chi connectivity index (χ0) is 14.0. The maximum atomic E-state index is 12.3. The van der Waals surface area contributed by atoms with Gasteiger partial charge in [0.25, 0.3) is 5.91 Å². The van der Waals surface area contributed by atoms with Crippen LogP contribution in [0.15, 0.2) is 9.57 Å². The van der Waals surface area contributed by atoms with Crippen molar-refractivity contribution in [1.82, 2.24) is 9.88 Å². The second kappa shape index (κ2) is 5.29. The van der Waals surface area contributed by atoms with Crippen LogP contribution in [0.2, 0.25) is 0 Å². The highest BCUT2D eigenvalue weighted by Gasteiger charge is 2.29. The van der Waals surface area contributed by atoms with Crippen molar-refractivity contribution in [3.8, 4) is 0 Å². The Bertz CT molecular complexity index is 509. The molecule has 19 heavy (non-hydrogen) atoms. The first-order valence-corrected chi connectivity index (χ1v) is 6.23. The first-order valence-electron chi connectivity index (χ1n) is 6.23. The molecule has 1 aliphatic rings. The van der Waals surface area contributed by atoms with E-state index in [0.717, 1.165) is 12.8 Å². The van der Waals surface area contributed by atoms with Crippen LogP contribution in [0.25, 0.3) is 0 Å². The zero-order valence-electron chi connectivity index (χ0n) is 11.1. The van der Waals surface area contributed by atoms with Gasteiger partial charge in [0.2, 0.25) is 5.76 Å². The number of likely N-dealkylation sites (tertiary alicyclic amines) is 1. The second-order valence-electron chi connectivity index (χ2n) is 4.76. The normalized spacial score (nSPS) is 20.6. The molecule has 1 aromatic rings. The van der Waals surface area contributed by atoms with Gasteiger partial charge in [0.1, 0.15) is 5.84 Å². The number of amides is 1. The van der Waals surface area contributed by atoms with Crippen LogP contribution in [-0.2, 0) is 0 Å². The molecule has 7 heteroatoms. The molecule has 7 nitrogen and oxygen atoms in total. The van der Waals surface area contributed by atoms with Gasteiger partial charge in [-0.05, 0) is 19.8 Å². The summed E-state index contributed by atoms with van der Waals surface area (Å²) in [7, 11) is 0. The highest BCUT2D eigenvalue weighted by Crippen LogP contribution is 2.20. The third-order valence-corrected chi connectivity index (χ3v) is 3.34. The molecule has 1 atom stereocenters. The molecule has 2 heterocycles. The quantitative estimate of drug-likeness (QED) is 0.358. The van der Waals surface area contributed by atoms with Gasteiger partial charge >= 0.3 is 0 Å². The van der Waals surface area contributed by atoms with E-state index in [2.05, 4.69) is 10.1 Å². The summed E-state index contributed by atoms with van der Waals surface area (Å²) in [4.78, 5) is 18.1. The smallest absolute Gasteiger partial charge is 0.291 e. The third kappa shape index (κ3) is 2.69. The summed E-state index contributed by atoms with van der Waals surface area (Å²) in [5.74, 6) is 0.632. The van der Waals surface area contributed by atoms with Crippen molar-refractivity contribution < 1.29 is 14.4 Å². The van der Waals surface area contributed by atoms with Crippen LogP contribution in [0.1, 0.15) is 35.0 Å². The lowest BCUT2D eigenvalue weighted by Crippen LogP contribution is -2.44. The topological polar surface area (TPSA) is 105 Å². The van der Waals surface area contributed by atoms with Crippen molar-refractivity contribution in [3.63, 3.8) is 0 Å². The maximum absolute atomic E-state index is 12.3. The molecule has 1 fully saturated rings. The Labute approximate surface area is 111 Å². The number of carbonyl (C=O) groups is 1. The first-order chi connectivity index (χ1) is 9.02. The SMILES string of the molecule is Cc1nc(C)c(C(=O)N2CCCC(C(N)=NO)C2)o1. The fraction of sp³-hybridized carbons (Fsp3) is 0.583. The van der Waals surface area contributed by atoms with E-state index in [1.807, 2.05) is 0 Å². The van der Waals surface area contributed by atoms with Crippen molar-refractivity contribution in [3.05, 3.63) is 17.3 Å². The predicted molar refractivity (Wildman–Crippen MR) is 68.0 cm³/mol. The summed E-state index contributed by atoms with van der Waals surface area (Å²) in [5.41, 5.74) is 6.20. The summed E-state index contributed by atoms with van der Waals surface area (Å²) in [6, 6.07) is 0. The number of hydrogen-bond donors (Lipinski definition) is 2. The van der Waals surface area contributed by atoms with E-state index in [9.17, 15) is 4.79 Å². The number of nitrogens with two attached hydrogens (primary N) is 1. The summed E-state index contributed by atoms with van der Waals surface area (Å²) in [6.07, 6.45) is 1.63. The molecule has 0 aromatic carbocycles. The molecular weight excluding hydrogens is 248 g/mol. The molecule has 1 saturated heterocycles. The fourth-order valence-corrected chi connectivity index (χ4v) is 2.36. The Morgan fingerprint density at radius 3 is 2.89 bits per heavy atom. The van der Waals surface area contributed by atoms with E-state index in [0.29, 0.717) is 24.7 Å². The van der Waals surface area contributed by atoms with Crippen molar-refractivity contribution in [2.75, 3.05) is 13.1 Å². The largest absolute Gasteiger partial charge is 0.436 e. The number of aromatic nitrogens is 1. The number of oxazole rings is 1. The van der Waals surface area contributed by atoms with Gasteiger partial charge in [-0.1, -0.05) is 5.16 Å². The first kappa shape index (κ1) is 13.4. The molecule has 104 valence electrons. The predicted octanol–water partition coefficient (Wildman–Crippen LogP) is 0.890. The molecule has 1 aromatic heterocycles. The second-order valence-corrected chi connectivity index (χ2v) is 4.76. The summed E-state index contributed by atoms with van der Waals surface area (Å²) >= 11 is 0. The van der Waals surface area contributed by atoms with Crippen molar-refractivity contribution >= 4 is 11.7 Å². The van der Waals surface area contributed by atoms with E-state index in [1.54, 1.807) is 18.7 Å². The van der Waals surface area contributed by atoms with Gasteiger partial charge in [0.15, 0.2) is 5.89 Å². The van der Waals surface area contributed by atoms with Crippen LogP contribution in [0, 0.1) is 19.8 Å². The zero-order valence-corrected chi connectivity index (χ0v) is 11.1. The molecule has 0 spiro atoms. The minimum atomic E-state index is -0.187. The minimum absolute atomic E-state index is 0.105. The van der Waals surface area contributed by atoms with E-state index < -0.39 is 0 Å². The van der Waals surface area contributed by atoms with E-state index >= 15 is 0 Å². The van der Waals surface area contributed by atoms with Crippen LogP contribution in [0.5, 0.6) is 0 Å². The molecule has 0 radical (unpaired) electrons. The van der Waals surface area contributed by atoms with Crippen LogP contribution >= 0.6 is 0 Å². The van der Waals surface area contributed by atoms with Gasteiger partial charge in [-0.15, -0.1) is 0 Å². The number of nitrogens with zero attached hydrogens (tertiary/aromatic N) is 3. The molecule has 1 amide bonds. The average Bonchev–Trinajstić information content (AvgIpc) is 2.76. The maximum Gasteiger partial charge on any atom is 0.291 e. The molecule has 2 rings (SSSR count). The third-order valence-electron chi connectivity index (χ3n) is 3.34. The van der Waals surface area contributed by atoms with Gasteiger partial charge < -0.3 is 20.3 Å². The monoisotopic (exact) mass is 266 g/mol. The van der Waals surface area contributed by atoms with E-state index in [4.69, 9.17) is 15.4 Å². The summed E-state index contributed by atoms with van der Waals surface area (Å²) in [5, 5.41) is 11.7. The van der Waals surface area contributed by atoms with E-state index in [1.165, 1.54) is 0 Å². The molecule has 0 bridgehead atoms. The van der Waals surface area contributed by atoms with Crippen LogP contribution in [-0.4, -0.2) is 39.9 Å². The molecule has 3 N–H and O–H groups in total. The number of carbonyl (C=O) groups excluding carboxylic acids is 1. The number of piperidine rings is 1. The lowest BCUT2D eigenvalue weighted by atomic mass is 9.97. The van der Waals surface area contributed by atoms with Gasteiger partial charge in [0.05, 0.1) is 5.69 Å². The number of aryl methyl sites for hydroxylation is 2. The van der Waals surface area contributed by atoms with Crippen molar-refractivity contribution in [2.24, 2.45) is 16.8 Å². The highest BCUT2D eigenvalue weighted by atomic mass is 16.4. The Hall–Kier alpha value is -2.05. The Morgan fingerprint density at radius 1 is 1.58 bits per heavy atom. The summed E-state index contributed by atoms with van der Waals surface area (Å²) < 4.78 is 5.34. The van der Waals surface area contributed by atoms with Crippen molar-refractivity contribution in [1.29, 1.82) is 0 Å². The van der Waals surface area contributed by atoms with Gasteiger partial charge in [-0.3, -0.25) is 4.79 Å². The van der Waals surface area contributed by atoms with Gasteiger partial charge in [-0.2, -0.15) is 0 Å². The number of rotatable bonds is 2. The molecular formula is C12H18N4O3. The Kier molecular flexibility index (Phi) is 3.73. The van der Waals surface area contributed by atoms with Crippen LogP contribution in [0.3, 0.4) is 0 Å². The van der Waals surface area contributed by atoms with E-state index in [-0.39, 0.29) is 23.4 Å². The van der Waals surface area contributed by atoms with Crippen molar-refractivity contribution in [2.45, 2.75) is 26.7 Å². The lowest BCUT2D eigenvalue weighted by molar-refractivity contribution is 0.0666. The Morgan fingerprint density at radius 2 is 2.32 bits per heavy atom.